The number of nitrogens with one attached hydrogen (secondary N) is 1. The van der Waals surface area contributed by atoms with Crippen LogP contribution in [0.5, 0.6) is 0 Å². The minimum atomic E-state index is -0.476. The summed E-state index contributed by atoms with van der Waals surface area (Å²) in [6.07, 6.45) is 4.38. The van der Waals surface area contributed by atoms with E-state index in [0.29, 0.717) is 17.9 Å². The summed E-state index contributed by atoms with van der Waals surface area (Å²) in [5, 5.41) is 2.93. The Bertz CT molecular complexity index is 606. The molecular weight excluding hydrogens is 351 g/mol. The molecule has 1 saturated heterocycles. The van der Waals surface area contributed by atoms with E-state index in [1.54, 1.807) is 16.7 Å². The number of thioether (sulfide) groups is 1. The molecule has 0 radical (unpaired) electrons. The first-order valence-electron chi connectivity index (χ1n) is 9.43. The number of carbonyl (C=O) groups excluding carboxylic acids is 2. The third-order valence-electron chi connectivity index (χ3n) is 4.56. The highest BCUT2D eigenvalue weighted by Gasteiger charge is 2.42. The van der Waals surface area contributed by atoms with E-state index in [9.17, 15) is 14.0 Å². The van der Waals surface area contributed by atoms with E-state index in [2.05, 4.69) is 12.2 Å². The fourth-order valence-electron chi connectivity index (χ4n) is 3.12. The molecule has 1 aliphatic rings. The summed E-state index contributed by atoms with van der Waals surface area (Å²) in [5.41, 5.74) is 0.417. The molecule has 0 spiro atoms. The van der Waals surface area contributed by atoms with Gasteiger partial charge in [-0.3, -0.25) is 9.59 Å². The molecule has 0 aliphatic carbocycles. The average Bonchev–Trinajstić information content (AvgIpc) is 3.07. The predicted molar refractivity (Wildman–Crippen MR) is 105 cm³/mol. The lowest BCUT2D eigenvalue weighted by molar-refractivity contribution is -0.124. The Morgan fingerprint density at radius 2 is 1.92 bits per heavy atom. The molecule has 2 atom stereocenters. The summed E-state index contributed by atoms with van der Waals surface area (Å²) in [6, 6.07) is 5.05. The smallest absolute Gasteiger partial charge is 0.255 e. The maximum absolute atomic E-state index is 13.2. The molecule has 4 nitrogen and oxygen atoms in total. The number of unbranched alkanes of at least 4 members (excludes halogenated alkanes) is 3. The zero-order valence-electron chi connectivity index (χ0n) is 15.8. The number of carbonyl (C=O) groups is 2. The summed E-state index contributed by atoms with van der Waals surface area (Å²) < 4.78 is 13.2. The second-order valence-electron chi connectivity index (χ2n) is 7.05. The van der Waals surface area contributed by atoms with Gasteiger partial charge in [-0.25, -0.2) is 4.39 Å². The van der Waals surface area contributed by atoms with Gasteiger partial charge in [0.15, 0.2) is 0 Å². The molecule has 6 heteroatoms. The molecule has 2 rings (SSSR count). The summed E-state index contributed by atoms with van der Waals surface area (Å²) in [6.45, 7) is 6.89. The Labute approximate surface area is 159 Å². The number of hydrogen-bond acceptors (Lipinski definition) is 3. The molecule has 1 aromatic carbocycles. The Morgan fingerprint density at radius 1 is 1.23 bits per heavy atom. The van der Waals surface area contributed by atoms with Crippen LogP contribution < -0.4 is 5.32 Å². The SMILES string of the molecule is CCCCCCNC(=O)[C@H]1CS[C@H](C(C)C)N1C(=O)c1ccc(F)cc1. The van der Waals surface area contributed by atoms with Crippen molar-refractivity contribution < 1.29 is 14.0 Å². The minimum absolute atomic E-state index is 0.0524. The average molecular weight is 381 g/mol. The lowest BCUT2D eigenvalue weighted by Gasteiger charge is -2.31. The van der Waals surface area contributed by atoms with E-state index >= 15 is 0 Å². The van der Waals surface area contributed by atoms with Gasteiger partial charge in [-0.15, -0.1) is 11.8 Å². The molecule has 1 aliphatic heterocycles. The van der Waals surface area contributed by atoms with Crippen LogP contribution in [0.15, 0.2) is 24.3 Å². The first kappa shape index (κ1) is 20.7. The lowest BCUT2D eigenvalue weighted by Crippen LogP contribution is -2.51. The third-order valence-corrected chi connectivity index (χ3v) is 6.18. The van der Waals surface area contributed by atoms with Crippen molar-refractivity contribution >= 4 is 23.6 Å². The van der Waals surface area contributed by atoms with Gasteiger partial charge in [-0.2, -0.15) is 0 Å². The Morgan fingerprint density at radius 3 is 2.54 bits per heavy atom. The number of hydrogen-bond donors (Lipinski definition) is 1. The molecule has 2 amide bonds. The van der Waals surface area contributed by atoms with Crippen LogP contribution in [0.25, 0.3) is 0 Å². The minimum Gasteiger partial charge on any atom is -0.354 e. The summed E-state index contributed by atoms with van der Waals surface area (Å²) >= 11 is 1.64. The van der Waals surface area contributed by atoms with Crippen LogP contribution in [0, 0.1) is 11.7 Å². The topological polar surface area (TPSA) is 49.4 Å². The van der Waals surface area contributed by atoms with Crippen LogP contribution >= 0.6 is 11.8 Å². The molecular formula is C20H29FN2O2S. The highest BCUT2D eigenvalue weighted by Crippen LogP contribution is 2.35. The predicted octanol–water partition coefficient (Wildman–Crippen LogP) is 4.06. The molecule has 0 bridgehead atoms. The van der Waals surface area contributed by atoms with E-state index in [1.165, 1.54) is 30.7 Å². The van der Waals surface area contributed by atoms with Gasteiger partial charge in [0.2, 0.25) is 5.91 Å². The van der Waals surface area contributed by atoms with Crippen molar-refractivity contribution in [1.29, 1.82) is 0 Å². The molecule has 1 heterocycles. The van der Waals surface area contributed by atoms with Crippen molar-refractivity contribution in [1.82, 2.24) is 10.2 Å². The second-order valence-corrected chi connectivity index (χ2v) is 8.20. The van der Waals surface area contributed by atoms with Crippen LogP contribution in [0.4, 0.5) is 4.39 Å². The maximum Gasteiger partial charge on any atom is 0.255 e. The zero-order chi connectivity index (χ0) is 19.1. The third kappa shape index (κ3) is 5.22. The van der Waals surface area contributed by atoms with Gasteiger partial charge < -0.3 is 10.2 Å². The van der Waals surface area contributed by atoms with Crippen LogP contribution in [0.2, 0.25) is 0 Å². The van der Waals surface area contributed by atoms with Gasteiger partial charge >= 0.3 is 0 Å². The molecule has 0 aromatic heterocycles. The summed E-state index contributed by atoms with van der Waals surface area (Å²) in [4.78, 5) is 27.4. The van der Waals surface area contributed by atoms with Crippen molar-refractivity contribution in [3.63, 3.8) is 0 Å². The molecule has 26 heavy (non-hydrogen) atoms. The van der Waals surface area contributed by atoms with Crippen molar-refractivity contribution in [2.45, 2.75) is 57.9 Å². The number of amides is 2. The second kappa shape index (κ2) is 9.95. The van der Waals surface area contributed by atoms with Crippen molar-refractivity contribution in [2.75, 3.05) is 12.3 Å². The summed E-state index contributed by atoms with van der Waals surface area (Å²) in [7, 11) is 0. The molecule has 0 saturated carbocycles. The highest BCUT2D eigenvalue weighted by atomic mass is 32.2. The quantitative estimate of drug-likeness (QED) is 0.692. The number of nitrogens with zero attached hydrogens (tertiary/aromatic N) is 1. The molecule has 0 unspecified atom stereocenters. The summed E-state index contributed by atoms with van der Waals surface area (Å²) in [5.74, 6) is 0.148. The highest BCUT2D eigenvalue weighted by molar-refractivity contribution is 8.00. The normalized spacial score (nSPS) is 19.8. The van der Waals surface area contributed by atoms with Crippen LogP contribution in [0.1, 0.15) is 56.8 Å². The van der Waals surface area contributed by atoms with Crippen molar-refractivity contribution in [2.24, 2.45) is 5.92 Å². The Hall–Kier alpha value is -1.56. The van der Waals surface area contributed by atoms with Crippen LogP contribution in [-0.2, 0) is 4.79 Å². The van der Waals surface area contributed by atoms with Gasteiger partial charge in [-0.05, 0) is 36.6 Å². The molecule has 1 N–H and O–H groups in total. The first-order valence-corrected chi connectivity index (χ1v) is 10.5. The van der Waals surface area contributed by atoms with Crippen molar-refractivity contribution in [3.8, 4) is 0 Å². The van der Waals surface area contributed by atoms with E-state index < -0.39 is 6.04 Å². The fourth-order valence-corrected chi connectivity index (χ4v) is 4.60. The van der Waals surface area contributed by atoms with Gasteiger partial charge in [0, 0.05) is 17.9 Å². The number of rotatable bonds is 8. The van der Waals surface area contributed by atoms with Gasteiger partial charge in [-0.1, -0.05) is 40.0 Å². The fraction of sp³-hybridized carbons (Fsp3) is 0.600. The van der Waals surface area contributed by atoms with Crippen LogP contribution in [-0.4, -0.2) is 40.4 Å². The van der Waals surface area contributed by atoms with Crippen LogP contribution in [0.3, 0.4) is 0 Å². The largest absolute Gasteiger partial charge is 0.354 e. The number of halogens is 1. The molecule has 1 fully saturated rings. The maximum atomic E-state index is 13.2. The lowest BCUT2D eigenvalue weighted by atomic mass is 10.1. The Kier molecular flexibility index (Phi) is 7.94. The van der Waals surface area contributed by atoms with Gasteiger partial charge in [0.25, 0.3) is 5.91 Å². The van der Waals surface area contributed by atoms with E-state index in [4.69, 9.17) is 0 Å². The van der Waals surface area contributed by atoms with Crippen molar-refractivity contribution in [3.05, 3.63) is 35.6 Å². The standard InChI is InChI=1S/C20H29FN2O2S/c1-4-5-6-7-12-22-18(24)17-13-26-20(14(2)3)23(17)19(25)15-8-10-16(21)11-9-15/h8-11,14,17,20H,4-7,12-13H2,1-3H3,(H,22,24)/t17-,20-/m1/s1. The monoisotopic (exact) mass is 380 g/mol. The molecule has 1 aromatic rings. The Balaban J connectivity index is 2.08. The zero-order valence-corrected chi connectivity index (χ0v) is 16.7. The van der Waals surface area contributed by atoms with E-state index in [1.807, 2.05) is 13.8 Å². The van der Waals surface area contributed by atoms with Gasteiger partial charge in [0.1, 0.15) is 11.9 Å². The number of benzene rings is 1. The van der Waals surface area contributed by atoms with E-state index in [-0.39, 0.29) is 28.9 Å². The van der Waals surface area contributed by atoms with E-state index in [0.717, 1.165) is 19.3 Å². The molecule has 144 valence electrons. The first-order chi connectivity index (χ1) is 12.5. The van der Waals surface area contributed by atoms with Gasteiger partial charge in [0.05, 0.1) is 5.37 Å².